The molecule has 0 unspecified atom stereocenters. The Balaban J connectivity index is 1.18. The van der Waals surface area contributed by atoms with Gasteiger partial charge in [0.25, 0.3) is 0 Å². The van der Waals surface area contributed by atoms with Crippen LogP contribution in [0.15, 0.2) is 212 Å². The molecule has 0 aliphatic heterocycles. The first-order valence-corrected chi connectivity index (χ1v) is 17.5. The van der Waals surface area contributed by atoms with Crippen LogP contribution in [0.1, 0.15) is 0 Å². The molecule has 9 aromatic rings. The Bertz CT molecular complexity index is 2600. The summed E-state index contributed by atoms with van der Waals surface area (Å²) < 4.78 is 0. The lowest BCUT2D eigenvalue weighted by atomic mass is 9.89. The van der Waals surface area contributed by atoms with E-state index in [9.17, 15) is 0 Å². The molecule has 1 heteroatoms. The molecule has 1 nitrogen and oxygen atoms in total. The summed E-state index contributed by atoms with van der Waals surface area (Å²) in [6, 6.07) is 76.6. The molecule has 0 aliphatic carbocycles. The van der Waals surface area contributed by atoms with Crippen molar-refractivity contribution in [1.29, 1.82) is 0 Å². The molecular formula is C50H35N. The van der Waals surface area contributed by atoms with Crippen LogP contribution in [-0.2, 0) is 0 Å². The fourth-order valence-corrected chi connectivity index (χ4v) is 7.35. The Morgan fingerprint density at radius 1 is 0.275 bits per heavy atom. The highest BCUT2D eigenvalue weighted by atomic mass is 15.1. The molecule has 0 fully saturated rings. The maximum atomic E-state index is 2.40. The third kappa shape index (κ3) is 5.86. The van der Waals surface area contributed by atoms with Crippen molar-refractivity contribution in [3.05, 3.63) is 212 Å². The fourth-order valence-electron chi connectivity index (χ4n) is 7.35. The van der Waals surface area contributed by atoms with E-state index in [0.717, 1.165) is 17.1 Å². The van der Waals surface area contributed by atoms with Crippen LogP contribution in [0.4, 0.5) is 17.1 Å². The zero-order valence-corrected chi connectivity index (χ0v) is 28.2. The Morgan fingerprint density at radius 3 is 1.55 bits per heavy atom. The van der Waals surface area contributed by atoms with Crippen molar-refractivity contribution in [1.82, 2.24) is 0 Å². The first-order chi connectivity index (χ1) is 25.3. The second-order valence-electron chi connectivity index (χ2n) is 12.9. The van der Waals surface area contributed by atoms with E-state index >= 15 is 0 Å². The molecule has 0 heterocycles. The summed E-state index contributed by atoms with van der Waals surface area (Å²) in [5, 5.41) is 4.94. The van der Waals surface area contributed by atoms with Crippen molar-refractivity contribution in [3.63, 3.8) is 0 Å². The summed E-state index contributed by atoms with van der Waals surface area (Å²) in [6.45, 7) is 0. The van der Waals surface area contributed by atoms with E-state index in [4.69, 9.17) is 0 Å². The van der Waals surface area contributed by atoms with E-state index in [2.05, 4.69) is 217 Å². The minimum Gasteiger partial charge on any atom is -0.310 e. The molecule has 0 radical (unpaired) electrons. The maximum absolute atomic E-state index is 2.40. The third-order valence-corrected chi connectivity index (χ3v) is 9.87. The van der Waals surface area contributed by atoms with Crippen molar-refractivity contribution in [2.75, 3.05) is 4.90 Å². The maximum Gasteiger partial charge on any atom is 0.0540 e. The molecule has 51 heavy (non-hydrogen) atoms. The molecule has 9 rings (SSSR count). The fraction of sp³-hybridized carbons (Fsp3) is 0. The van der Waals surface area contributed by atoms with Crippen LogP contribution in [0.25, 0.3) is 66.1 Å². The molecule has 9 aromatic carbocycles. The van der Waals surface area contributed by atoms with Gasteiger partial charge in [0, 0.05) is 16.9 Å². The lowest BCUT2D eigenvalue weighted by molar-refractivity contribution is 1.29. The van der Waals surface area contributed by atoms with Gasteiger partial charge in [0.15, 0.2) is 0 Å². The van der Waals surface area contributed by atoms with Crippen LogP contribution in [-0.4, -0.2) is 0 Å². The van der Waals surface area contributed by atoms with Gasteiger partial charge in [-0.15, -0.1) is 0 Å². The predicted molar refractivity (Wildman–Crippen MR) is 218 cm³/mol. The summed E-state index contributed by atoms with van der Waals surface area (Å²) in [6.07, 6.45) is 0. The molecule has 240 valence electrons. The van der Waals surface area contributed by atoms with E-state index in [1.54, 1.807) is 0 Å². The monoisotopic (exact) mass is 649 g/mol. The molecule has 0 saturated carbocycles. The summed E-state index contributed by atoms with van der Waals surface area (Å²) >= 11 is 0. The Morgan fingerprint density at radius 2 is 0.784 bits per heavy atom. The average Bonchev–Trinajstić information content (AvgIpc) is 3.22. The average molecular weight is 650 g/mol. The summed E-state index contributed by atoms with van der Waals surface area (Å²) in [7, 11) is 0. The van der Waals surface area contributed by atoms with Gasteiger partial charge in [-0.25, -0.2) is 0 Å². The van der Waals surface area contributed by atoms with Crippen LogP contribution in [0.2, 0.25) is 0 Å². The molecule has 0 amide bonds. The minimum absolute atomic E-state index is 1.10. The number of nitrogens with zero attached hydrogens (tertiary/aromatic N) is 1. The number of benzene rings is 9. The van der Waals surface area contributed by atoms with E-state index in [1.165, 1.54) is 66.1 Å². The molecule has 0 bridgehead atoms. The van der Waals surface area contributed by atoms with Crippen molar-refractivity contribution in [3.8, 4) is 44.5 Å². The standard InChI is InChI=1S/C50H35N/c1-3-13-36(14-4-1)38-23-25-40(26-24-38)46-20-11-12-22-49(46)51(45-33-27-37-15-7-8-19-43(37)35-45)44-31-28-41(29-32-44)48-34-30-39-16-9-10-21-47(39)50(48)42-17-5-2-6-18-42/h1-35H. The molecule has 0 aromatic heterocycles. The highest BCUT2D eigenvalue weighted by Gasteiger charge is 2.19. The van der Waals surface area contributed by atoms with E-state index in [0.29, 0.717) is 0 Å². The van der Waals surface area contributed by atoms with Gasteiger partial charge < -0.3 is 4.90 Å². The van der Waals surface area contributed by atoms with Crippen molar-refractivity contribution in [2.24, 2.45) is 0 Å². The van der Waals surface area contributed by atoms with E-state index in [-0.39, 0.29) is 0 Å². The SMILES string of the molecule is c1ccc(-c2ccc(-c3ccccc3N(c3ccc(-c4ccc5ccccc5c4-c4ccccc4)cc3)c3ccc4ccccc4c3)cc2)cc1. The van der Waals surface area contributed by atoms with Crippen LogP contribution in [0.3, 0.4) is 0 Å². The van der Waals surface area contributed by atoms with Crippen molar-refractivity contribution in [2.45, 2.75) is 0 Å². The van der Waals surface area contributed by atoms with Crippen LogP contribution in [0, 0.1) is 0 Å². The summed E-state index contributed by atoms with van der Waals surface area (Å²) in [5.74, 6) is 0. The van der Waals surface area contributed by atoms with Crippen molar-refractivity contribution < 1.29 is 0 Å². The first-order valence-electron chi connectivity index (χ1n) is 17.5. The number of fused-ring (bicyclic) bond motifs is 2. The second-order valence-corrected chi connectivity index (χ2v) is 12.9. The van der Waals surface area contributed by atoms with Crippen LogP contribution >= 0.6 is 0 Å². The van der Waals surface area contributed by atoms with Crippen LogP contribution in [0.5, 0.6) is 0 Å². The number of hydrogen-bond acceptors (Lipinski definition) is 1. The minimum atomic E-state index is 1.10. The number of hydrogen-bond donors (Lipinski definition) is 0. The number of rotatable bonds is 7. The normalized spacial score (nSPS) is 11.1. The smallest absolute Gasteiger partial charge is 0.0540 e. The van der Waals surface area contributed by atoms with Gasteiger partial charge in [0.2, 0.25) is 0 Å². The largest absolute Gasteiger partial charge is 0.310 e. The highest BCUT2D eigenvalue weighted by Crippen LogP contribution is 2.44. The summed E-state index contributed by atoms with van der Waals surface area (Å²) in [4.78, 5) is 2.40. The van der Waals surface area contributed by atoms with E-state index < -0.39 is 0 Å². The van der Waals surface area contributed by atoms with Gasteiger partial charge >= 0.3 is 0 Å². The Labute approximate surface area is 299 Å². The quantitative estimate of drug-likeness (QED) is 0.166. The summed E-state index contributed by atoms with van der Waals surface area (Å²) in [5.41, 5.74) is 13.0. The lowest BCUT2D eigenvalue weighted by Crippen LogP contribution is -2.11. The highest BCUT2D eigenvalue weighted by molar-refractivity contribution is 6.04. The molecule has 0 saturated heterocycles. The molecule has 0 atom stereocenters. The number of para-hydroxylation sites is 1. The van der Waals surface area contributed by atoms with Gasteiger partial charge in [-0.1, -0.05) is 182 Å². The molecule has 0 aliphatic rings. The van der Waals surface area contributed by atoms with Crippen molar-refractivity contribution >= 4 is 38.6 Å². The lowest BCUT2D eigenvalue weighted by Gasteiger charge is -2.28. The number of anilines is 3. The van der Waals surface area contributed by atoms with Gasteiger partial charge in [0.1, 0.15) is 0 Å². The van der Waals surface area contributed by atoms with E-state index in [1.807, 2.05) is 0 Å². The van der Waals surface area contributed by atoms with Crippen LogP contribution < -0.4 is 4.90 Å². The molecule has 0 N–H and O–H groups in total. The zero-order chi connectivity index (χ0) is 34.0. The molecule has 0 spiro atoms. The third-order valence-electron chi connectivity index (χ3n) is 9.87. The van der Waals surface area contributed by atoms with Gasteiger partial charge in [-0.2, -0.15) is 0 Å². The zero-order valence-electron chi connectivity index (χ0n) is 28.2. The van der Waals surface area contributed by atoms with Gasteiger partial charge in [-0.05, 0) is 90.8 Å². The van der Waals surface area contributed by atoms with Gasteiger partial charge in [0.05, 0.1) is 5.69 Å². The predicted octanol–water partition coefficient (Wildman–Crippen LogP) is 14.1. The topological polar surface area (TPSA) is 3.24 Å². The van der Waals surface area contributed by atoms with Gasteiger partial charge in [-0.3, -0.25) is 0 Å². The molecular weight excluding hydrogens is 615 g/mol. The Kier molecular flexibility index (Phi) is 7.92. The Hall–Kier alpha value is -6.70. The second kappa shape index (κ2) is 13.3. The first kappa shape index (κ1) is 30.4.